The average Bonchev–Trinajstić information content (AvgIpc) is 3.71. The highest BCUT2D eigenvalue weighted by Gasteiger charge is 2.36. The van der Waals surface area contributed by atoms with Gasteiger partial charge in [0.1, 0.15) is 17.0 Å². The molecule has 0 unspecified atom stereocenters. The molecule has 1 aliphatic rings. The van der Waals surface area contributed by atoms with E-state index in [1.165, 1.54) is 22.3 Å². The molecule has 0 atom stereocenters. The molecule has 5 heteroatoms. The third kappa shape index (κ3) is 5.66. The Morgan fingerprint density at radius 2 is 1.31 bits per heavy atom. The molecule has 0 aliphatic heterocycles. The van der Waals surface area contributed by atoms with Crippen LogP contribution in [0.15, 0.2) is 167 Å². The molecular weight excluding hydrogens is 661 g/mol. The first-order valence-electron chi connectivity index (χ1n) is 18.1. The number of nitrogens with zero attached hydrogens (tertiary/aromatic N) is 2. The molecule has 0 radical (unpaired) electrons. The predicted molar refractivity (Wildman–Crippen MR) is 220 cm³/mol. The molecule has 54 heavy (non-hydrogen) atoms. The van der Waals surface area contributed by atoms with Crippen LogP contribution in [-0.2, 0) is 12.0 Å². The summed E-state index contributed by atoms with van der Waals surface area (Å²) in [5, 5.41) is 24.2. The molecule has 0 amide bonds. The molecule has 2 N–H and O–H groups in total. The van der Waals surface area contributed by atoms with Gasteiger partial charge >= 0.3 is 0 Å². The van der Waals surface area contributed by atoms with Gasteiger partial charge in [0.05, 0.1) is 11.6 Å². The largest absolute Gasteiger partial charge is 0.456 e. The van der Waals surface area contributed by atoms with Crippen molar-refractivity contribution in [1.29, 1.82) is 10.7 Å². The third-order valence-electron chi connectivity index (χ3n) is 10.7. The molecule has 0 saturated carbocycles. The molecule has 0 saturated heterocycles. The standard InChI is InChI=1S/C49H36N4O/c1-49(2)41-27-32(29-50)17-23-38(41)39-24-22-36(28-42(39)49)37-25-26-44-46(40-15-9-10-16-43(40)54-44)45(37)33-18-20-35(21-19-33)48(52-30-31-11-5-3-6-12-31)53-47(51)34-13-7-4-8-14-34/h3-28H,30H2,1-2H3,(H2,51,52,53). The van der Waals surface area contributed by atoms with E-state index in [0.29, 0.717) is 17.9 Å². The maximum absolute atomic E-state index is 9.66. The number of fused-ring (bicyclic) bond motifs is 6. The van der Waals surface area contributed by atoms with Crippen molar-refractivity contribution >= 4 is 33.6 Å². The van der Waals surface area contributed by atoms with Crippen molar-refractivity contribution in [2.75, 3.05) is 0 Å². The summed E-state index contributed by atoms with van der Waals surface area (Å²) >= 11 is 0. The number of nitriles is 1. The van der Waals surface area contributed by atoms with Crippen LogP contribution >= 0.6 is 0 Å². The average molecular weight is 697 g/mol. The fraction of sp³-hybridized carbons (Fsp3) is 0.0816. The molecule has 5 nitrogen and oxygen atoms in total. The lowest BCUT2D eigenvalue weighted by atomic mass is 9.80. The van der Waals surface area contributed by atoms with Crippen LogP contribution in [0.5, 0.6) is 0 Å². The summed E-state index contributed by atoms with van der Waals surface area (Å²) in [7, 11) is 0. The van der Waals surface area contributed by atoms with E-state index in [1.54, 1.807) is 0 Å². The Labute approximate surface area is 314 Å². The zero-order chi connectivity index (χ0) is 36.8. The molecule has 9 rings (SSSR count). The minimum atomic E-state index is -0.266. The van der Waals surface area contributed by atoms with Gasteiger partial charge in [-0.2, -0.15) is 5.26 Å². The van der Waals surface area contributed by atoms with E-state index in [9.17, 15) is 5.26 Å². The third-order valence-corrected chi connectivity index (χ3v) is 10.7. The summed E-state index contributed by atoms with van der Waals surface area (Å²) < 4.78 is 6.42. The van der Waals surface area contributed by atoms with E-state index in [4.69, 9.17) is 14.8 Å². The van der Waals surface area contributed by atoms with Gasteiger partial charge in [0, 0.05) is 39.4 Å². The van der Waals surface area contributed by atoms with Gasteiger partial charge in [0.15, 0.2) is 5.84 Å². The lowest BCUT2D eigenvalue weighted by molar-refractivity contribution is 0.660. The smallest absolute Gasteiger partial charge is 0.154 e. The van der Waals surface area contributed by atoms with Gasteiger partial charge in [0.25, 0.3) is 0 Å². The van der Waals surface area contributed by atoms with E-state index in [2.05, 4.69) is 110 Å². The zero-order valence-electron chi connectivity index (χ0n) is 30.0. The van der Waals surface area contributed by atoms with Gasteiger partial charge in [-0.05, 0) is 74.8 Å². The van der Waals surface area contributed by atoms with Crippen LogP contribution in [0.4, 0.5) is 0 Å². The first-order chi connectivity index (χ1) is 26.4. The number of furan rings is 1. The van der Waals surface area contributed by atoms with Crippen molar-refractivity contribution < 1.29 is 4.42 Å². The Morgan fingerprint density at radius 1 is 0.667 bits per heavy atom. The lowest BCUT2D eigenvalue weighted by Crippen LogP contribution is -2.25. The number of benzene rings is 7. The first-order valence-corrected chi connectivity index (χ1v) is 18.1. The Kier molecular flexibility index (Phi) is 8.02. The van der Waals surface area contributed by atoms with Gasteiger partial charge in [-0.3, -0.25) is 5.41 Å². The minimum Gasteiger partial charge on any atom is -0.456 e. The number of para-hydroxylation sites is 1. The van der Waals surface area contributed by atoms with Crippen LogP contribution in [0.1, 0.15) is 47.2 Å². The zero-order valence-corrected chi connectivity index (χ0v) is 30.0. The summed E-state index contributed by atoms with van der Waals surface area (Å²) in [5.74, 6) is 0.823. The molecular formula is C49H36N4O. The second-order valence-electron chi connectivity index (χ2n) is 14.3. The van der Waals surface area contributed by atoms with Gasteiger partial charge in [-0.15, -0.1) is 0 Å². The molecule has 0 spiro atoms. The van der Waals surface area contributed by atoms with Gasteiger partial charge < -0.3 is 9.73 Å². The van der Waals surface area contributed by atoms with E-state index in [0.717, 1.165) is 60.9 Å². The first kappa shape index (κ1) is 32.8. The summed E-state index contributed by atoms with van der Waals surface area (Å²) in [6.45, 7) is 5.07. The van der Waals surface area contributed by atoms with Crippen LogP contribution in [0.25, 0.3) is 55.3 Å². The predicted octanol–water partition coefficient (Wildman–Crippen LogP) is 11.7. The number of hydrogen-bond donors (Lipinski definition) is 2. The molecule has 0 bridgehead atoms. The molecule has 1 aromatic heterocycles. The highest BCUT2D eigenvalue weighted by Crippen LogP contribution is 2.51. The second-order valence-corrected chi connectivity index (χ2v) is 14.3. The van der Waals surface area contributed by atoms with Crippen molar-refractivity contribution in [2.24, 2.45) is 4.99 Å². The van der Waals surface area contributed by atoms with E-state index in [-0.39, 0.29) is 11.3 Å². The Balaban J connectivity index is 1.17. The monoisotopic (exact) mass is 696 g/mol. The number of amidine groups is 2. The van der Waals surface area contributed by atoms with Crippen LogP contribution in [-0.4, -0.2) is 11.7 Å². The number of hydrogen-bond acceptors (Lipinski definition) is 3. The van der Waals surface area contributed by atoms with E-state index < -0.39 is 0 Å². The Bertz CT molecular complexity index is 2810. The molecule has 0 fully saturated rings. The van der Waals surface area contributed by atoms with Crippen molar-refractivity contribution in [3.8, 4) is 39.4 Å². The lowest BCUT2D eigenvalue weighted by Gasteiger charge is -2.22. The van der Waals surface area contributed by atoms with Crippen LogP contribution in [0.2, 0.25) is 0 Å². The van der Waals surface area contributed by atoms with Crippen LogP contribution < -0.4 is 5.32 Å². The second kappa shape index (κ2) is 13.2. The van der Waals surface area contributed by atoms with E-state index in [1.807, 2.05) is 72.8 Å². The highest BCUT2D eigenvalue weighted by molar-refractivity contribution is 6.16. The topological polar surface area (TPSA) is 85.2 Å². The molecule has 1 aliphatic carbocycles. The summed E-state index contributed by atoms with van der Waals surface area (Å²) in [6.07, 6.45) is 0. The normalized spacial score (nSPS) is 13.0. The van der Waals surface area contributed by atoms with Crippen molar-refractivity contribution in [3.63, 3.8) is 0 Å². The summed E-state index contributed by atoms with van der Waals surface area (Å²) in [4.78, 5) is 4.81. The summed E-state index contributed by atoms with van der Waals surface area (Å²) in [5.41, 5.74) is 14.0. The molecule has 258 valence electrons. The van der Waals surface area contributed by atoms with Crippen LogP contribution in [0.3, 0.4) is 0 Å². The van der Waals surface area contributed by atoms with Crippen LogP contribution in [0, 0.1) is 16.7 Å². The minimum absolute atomic E-state index is 0.192. The Morgan fingerprint density at radius 3 is 2.07 bits per heavy atom. The number of rotatable bonds is 6. The molecule has 8 aromatic rings. The quantitative estimate of drug-likeness (QED) is 0.134. The Hall–Kier alpha value is -7.03. The van der Waals surface area contributed by atoms with Gasteiger partial charge in [-0.25, -0.2) is 4.99 Å². The van der Waals surface area contributed by atoms with Crippen molar-refractivity contribution in [3.05, 3.63) is 191 Å². The number of aliphatic imine (C=N–C) groups is 1. The fourth-order valence-corrected chi connectivity index (χ4v) is 7.89. The SMILES string of the molecule is CC1(C)c2cc(C#N)ccc2-c2ccc(-c3ccc4oc5ccccc5c4c3-c3ccc(/C(=N/C(=N)c4ccccc4)NCc4ccccc4)cc3)cc21. The number of nitrogens with one attached hydrogen (secondary N) is 2. The molecule has 7 aromatic carbocycles. The molecule has 1 heterocycles. The maximum atomic E-state index is 9.66. The van der Waals surface area contributed by atoms with Crippen molar-refractivity contribution in [2.45, 2.75) is 25.8 Å². The maximum Gasteiger partial charge on any atom is 0.154 e. The summed E-state index contributed by atoms with van der Waals surface area (Å²) in [6, 6.07) is 55.9. The highest BCUT2D eigenvalue weighted by atomic mass is 16.3. The van der Waals surface area contributed by atoms with Crippen molar-refractivity contribution in [1.82, 2.24) is 5.32 Å². The fourth-order valence-electron chi connectivity index (χ4n) is 7.89. The van der Waals surface area contributed by atoms with Gasteiger partial charge in [0.2, 0.25) is 0 Å². The van der Waals surface area contributed by atoms with E-state index >= 15 is 0 Å². The van der Waals surface area contributed by atoms with Gasteiger partial charge in [-0.1, -0.05) is 141 Å².